The van der Waals surface area contributed by atoms with Gasteiger partial charge in [0.2, 0.25) is 11.2 Å². The highest BCUT2D eigenvalue weighted by molar-refractivity contribution is 14.1. The lowest BCUT2D eigenvalue weighted by Crippen LogP contribution is -2.24. The fourth-order valence-corrected chi connectivity index (χ4v) is 2.80. The molecule has 1 heterocycles. The van der Waals surface area contributed by atoms with Gasteiger partial charge in [-0.2, -0.15) is 0 Å². The molecular weight excluding hydrogens is 437 g/mol. The second kappa shape index (κ2) is 6.93. The van der Waals surface area contributed by atoms with Gasteiger partial charge in [-0.25, -0.2) is 4.79 Å². The molecule has 0 aliphatic heterocycles. The number of aromatic hydroxyl groups is 1. The Morgan fingerprint density at radius 1 is 1.00 bits per heavy atom. The Bertz CT molecular complexity index is 1090. The molecule has 0 fully saturated rings. The third-order valence-corrected chi connectivity index (χ3v) is 4.40. The first-order valence-corrected chi connectivity index (χ1v) is 8.26. The highest BCUT2D eigenvalue weighted by atomic mass is 127. The van der Waals surface area contributed by atoms with E-state index < -0.39 is 28.5 Å². The molecule has 0 saturated carbocycles. The summed E-state index contributed by atoms with van der Waals surface area (Å²) < 4.78 is 0.795. The van der Waals surface area contributed by atoms with E-state index in [0.29, 0.717) is 5.69 Å². The normalized spacial score (nSPS) is 10.4. The molecule has 2 amide bonds. The molecule has 126 valence electrons. The number of amides is 2. The summed E-state index contributed by atoms with van der Waals surface area (Å²) in [6.07, 6.45) is 0. The van der Waals surface area contributed by atoms with Crippen LogP contribution in [0.1, 0.15) is 0 Å². The van der Waals surface area contributed by atoms with Crippen LogP contribution >= 0.6 is 22.6 Å². The largest absolute Gasteiger partial charge is 0.501 e. The first-order valence-electron chi connectivity index (χ1n) is 7.18. The Balaban J connectivity index is 2.04. The van der Waals surface area contributed by atoms with E-state index in [2.05, 4.69) is 15.6 Å². The summed E-state index contributed by atoms with van der Waals surface area (Å²) in [5, 5.41) is 15.0. The van der Waals surface area contributed by atoms with E-state index in [1.165, 1.54) is 12.1 Å². The Morgan fingerprint density at radius 3 is 2.44 bits per heavy atom. The van der Waals surface area contributed by atoms with Crippen molar-refractivity contribution >= 4 is 50.9 Å². The highest BCUT2D eigenvalue weighted by Crippen LogP contribution is 2.19. The predicted octanol–water partition coefficient (Wildman–Crippen LogP) is 2.84. The number of anilines is 2. The van der Waals surface area contributed by atoms with Gasteiger partial charge in [-0.15, -0.1) is 0 Å². The molecule has 0 bridgehead atoms. The van der Waals surface area contributed by atoms with Crippen molar-refractivity contribution in [3.63, 3.8) is 0 Å². The number of hydrogen-bond donors (Lipinski definition) is 4. The minimum atomic E-state index is -0.872. The zero-order chi connectivity index (χ0) is 18.0. The Hall–Kier alpha value is -2.88. The van der Waals surface area contributed by atoms with Gasteiger partial charge in [0.15, 0.2) is 0 Å². The third kappa shape index (κ3) is 3.48. The predicted molar refractivity (Wildman–Crippen MR) is 104 cm³/mol. The molecule has 0 radical (unpaired) electrons. The number of aromatic nitrogens is 1. The van der Waals surface area contributed by atoms with Gasteiger partial charge in [-0.05, 0) is 46.9 Å². The monoisotopic (exact) mass is 449 g/mol. The van der Waals surface area contributed by atoms with Crippen LogP contribution < -0.4 is 21.6 Å². The van der Waals surface area contributed by atoms with Crippen LogP contribution in [0.3, 0.4) is 0 Å². The number of H-pyrrole nitrogens is 1. The molecule has 8 heteroatoms. The van der Waals surface area contributed by atoms with Gasteiger partial charge >= 0.3 is 6.03 Å². The summed E-state index contributed by atoms with van der Waals surface area (Å²) in [5.74, 6) is -0.848. The van der Waals surface area contributed by atoms with Gasteiger partial charge in [-0.3, -0.25) is 9.59 Å². The van der Waals surface area contributed by atoms with E-state index in [1.807, 2.05) is 28.7 Å². The number of carbonyl (C=O) groups is 1. The van der Waals surface area contributed by atoms with E-state index in [4.69, 9.17) is 0 Å². The summed E-state index contributed by atoms with van der Waals surface area (Å²) in [5.41, 5.74) is -1.22. The van der Waals surface area contributed by atoms with Crippen LogP contribution in [0.15, 0.2) is 58.1 Å². The molecule has 3 rings (SSSR count). The highest BCUT2D eigenvalue weighted by Gasteiger charge is 2.15. The second-order valence-corrected chi connectivity index (χ2v) is 6.27. The SMILES string of the molecule is O=C(Nc1ccccc1I)Nc1c(O)c(=O)[nH]c2ccccc2c1=O. The van der Waals surface area contributed by atoms with Crippen LogP contribution in [0, 0.1) is 3.57 Å². The summed E-state index contributed by atoms with van der Waals surface area (Å²) in [6.45, 7) is 0. The number of aromatic amines is 1. The fraction of sp³-hybridized carbons (Fsp3) is 0. The summed E-state index contributed by atoms with van der Waals surface area (Å²) in [4.78, 5) is 39.2. The molecule has 25 heavy (non-hydrogen) atoms. The molecule has 7 nitrogen and oxygen atoms in total. The third-order valence-electron chi connectivity index (χ3n) is 3.46. The van der Waals surface area contributed by atoms with Gasteiger partial charge in [0, 0.05) is 8.96 Å². The van der Waals surface area contributed by atoms with E-state index in [9.17, 15) is 19.5 Å². The van der Waals surface area contributed by atoms with Gasteiger partial charge in [-0.1, -0.05) is 24.3 Å². The van der Waals surface area contributed by atoms with Crippen molar-refractivity contribution in [3.05, 3.63) is 72.7 Å². The summed E-state index contributed by atoms with van der Waals surface area (Å²) in [7, 11) is 0. The maximum Gasteiger partial charge on any atom is 0.323 e. The van der Waals surface area contributed by atoms with Crippen molar-refractivity contribution in [2.45, 2.75) is 0 Å². The molecule has 2 aromatic carbocycles. The zero-order valence-electron chi connectivity index (χ0n) is 12.7. The first-order chi connectivity index (χ1) is 12.0. The summed E-state index contributed by atoms with van der Waals surface area (Å²) in [6, 6.07) is 12.6. The number of hydrogen-bond acceptors (Lipinski definition) is 4. The van der Waals surface area contributed by atoms with Crippen LogP contribution in [0.25, 0.3) is 10.9 Å². The van der Waals surface area contributed by atoms with Crippen molar-refractivity contribution in [2.75, 3.05) is 10.6 Å². The van der Waals surface area contributed by atoms with Gasteiger partial charge in [0.1, 0.15) is 5.69 Å². The van der Waals surface area contributed by atoms with E-state index >= 15 is 0 Å². The molecule has 3 aromatic rings. The van der Waals surface area contributed by atoms with Crippen LogP contribution in [0.5, 0.6) is 5.75 Å². The first kappa shape index (κ1) is 17.0. The molecule has 0 saturated heterocycles. The van der Waals surface area contributed by atoms with Crippen molar-refractivity contribution in [3.8, 4) is 5.75 Å². The standard InChI is InChI=1S/C17H12IN3O4/c18-10-6-2-4-8-12(10)20-17(25)21-13-14(22)9-5-1-3-7-11(9)19-16(24)15(13)23/h1-8H,(H4,19,20,21,22,23,24,25). The van der Waals surface area contributed by atoms with Crippen LogP contribution in [-0.2, 0) is 0 Å². The Morgan fingerprint density at radius 2 is 1.68 bits per heavy atom. The number of nitrogens with one attached hydrogen (secondary N) is 3. The van der Waals surface area contributed by atoms with Gasteiger partial charge in [0.05, 0.1) is 11.2 Å². The van der Waals surface area contributed by atoms with Crippen LogP contribution in [0.2, 0.25) is 0 Å². The van der Waals surface area contributed by atoms with Crippen molar-refractivity contribution in [1.29, 1.82) is 0 Å². The second-order valence-electron chi connectivity index (χ2n) is 5.11. The van der Waals surface area contributed by atoms with E-state index in [1.54, 1.807) is 30.3 Å². The average molecular weight is 449 g/mol. The molecule has 0 spiro atoms. The van der Waals surface area contributed by atoms with Crippen molar-refractivity contribution in [2.24, 2.45) is 0 Å². The number of urea groups is 1. The van der Waals surface area contributed by atoms with Crippen molar-refractivity contribution in [1.82, 2.24) is 4.98 Å². The molecule has 1 aromatic heterocycles. The minimum Gasteiger partial charge on any atom is -0.501 e. The molecule has 4 N–H and O–H groups in total. The van der Waals surface area contributed by atoms with Crippen LogP contribution in [0.4, 0.5) is 16.2 Å². The molecule has 0 aliphatic carbocycles. The molecule has 0 atom stereocenters. The smallest absolute Gasteiger partial charge is 0.323 e. The zero-order valence-corrected chi connectivity index (χ0v) is 14.8. The number of halogens is 1. The Labute approximate surface area is 154 Å². The number of carbonyl (C=O) groups excluding carboxylic acids is 1. The Kier molecular flexibility index (Phi) is 4.70. The van der Waals surface area contributed by atoms with E-state index in [0.717, 1.165) is 3.57 Å². The molecular formula is C17H12IN3O4. The number of benzene rings is 2. The lowest BCUT2D eigenvalue weighted by Gasteiger charge is -2.08. The number of para-hydroxylation sites is 2. The maximum absolute atomic E-state index is 12.6. The molecule has 0 unspecified atom stereocenters. The van der Waals surface area contributed by atoms with Gasteiger partial charge < -0.3 is 20.7 Å². The van der Waals surface area contributed by atoms with E-state index in [-0.39, 0.29) is 10.9 Å². The topological polar surface area (TPSA) is 111 Å². The van der Waals surface area contributed by atoms with Crippen molar-refractivity contribution < 1.29 is 9.90 Å². The minimum absolute atomic E-state index is 0.171. The quantitative estimate of drug-likeness (QED) is 0.451. The number of rotatable bonds is 2. The fourth-order valence-electron chi connectivity index (χ4n) is 2.27. The lowest BCUT2D eigenvalue weighted by atomic mass is 10.2. The lowest BCUT2D eigenvalue weighted by molar-refractivity contribution is 0.262. The number of fused-ring (bicyclic) bond motifs is 1. The van der Waals surface area contributed by atoms with Gasteiger partial charge in [0.25, 0.3) is 5.56 Å². The average Bonchev–Trinajstić information content (AvgIpc) is 2.68. The van der Waals surface area contributed by atoms with Crippen LogP contribution in [-0.4, -0.2) is 16.1 Å². The summed E-state index contributed by atoms with van der Waals surface area (Å²) >= 11 is 2.05. The maximum atomic E-state index is 12.6. The molecule has 0 aliphatic rings.